The molecule has 2 aromatic rings. The van der Waals surface area contributed by atoms with Gasteiger partial charge >= 0.3 is 0 Å². The lowest BCUT2D eigenvalue weighted by Crippen LogP contribution is -2.16. The quantitative estimate of drug-likeness (QED) is 0.838. The van der Waals surface area contributed by atoms with Crippen LogP contribution >= 0.6 is 11.3 Å². The molecule has 0 saturated carbocycles. The van der Waals surface area contributed by atoms with E-state index in [-0.39, 0.29) is 0 Å². The van der Waals surface area contributed by atoms with E-state index in [1.807, 2.05) is 12.4 Å². The Morgan fingerprint density at radius 2 is 2.47 bits per heavy atom. The molecule has 1 N–H and O–H groups in total. The van der Waals surface area contributed by atoms with Gasteiger partial charge in [0.15, 0.2) is 0 Å². The predicted molar refractivity (Wildman–Crippen MR) is 63.0 cm³/mol. The van der Waals surface area contributed by atoms with Crippen molar-refractivity contribution in [1.82, 2.24) is 14.9 Å². The van der Waals surface area contributed by atoms with E-state index < -0.39 is 0 Å². The molecule has 0 spiro atoms. The molecule has 15 heavy (non-hydrogen) atoms. The summed E-state index contributed by atoms with van der Waals surface area (Å²) >= 11 is 1.74. The highest BCUT2D eigenvalue weighted by molar-refractivity contribution is 7.07. The third-order valence-corrected chi connectivity index (χ3v) is 3.00. The summed E-state index contributed by atoms with van der Waals surface area (Å²) in [6.45, 7) is 4.84. The summed E-state index contributed by atoms with van der Waals surface area (Å²) in [5.41, 5.74) is 1.34. The minimum Gasteiger partial charge on any atom is -0.329 e. The van der Waals surface area contributed by atoms with Crippen molar-refractivity contribution >= 4 is 11.3 Å². The second-order valence-electron chi connectivity index (χ2n) is 3.38. The first-order valence-electron chi connectivity index (χ1n) is 5.12. The molecular weight excluding hydrogens is 206 g/mol. The Kier molecular flexibility index (Phi) is 3.53. The van der Waals surface area contributed by atoms with Crippen molar-refractivity contribution < 1.29 is 0 Å². The van der Waals surface area contributed by atoms with Crippen molar-refractivity contribution in [3.8, 4) is 0 Å². The van der Waals surface area contributed by atoms with Gasteiger partial charge in [-0.05, 0) is 28.9 Å². The van der Waals surface area contributed by atoms with Gasteiger partial charge in [-0.15, -0.1) is 0 Å². The summed E-state index contributed by atoms with van der Waals surface area (Å²) in [7, 11) is 0. The maximum atomic E-state index is 4.34. The fourth-order valence-electron chi connectivity index (χ4n) is 1.47. The summed E-state index contributed by atoms with van der Waals surface area (Å²) in [5.74, 6) is 1.10. The van der Waals surface area contributed by atoms with Crippen LogP contribution in [0, 0.1) is 0 Å². The molecule has 0 atom stereocenters. The molecule has 0 aliphatic carbocycles. The number of hydrogen-bond donors (Lipinski definition) is 1. The van der Waals surface area contributed by atoms with Crippen molar-refractivity contribution in [2.45, 2.75) is 20.0 Å². The van der Waals surface area contributed by atoms with Crippen LogP contribution in [-0.4, -0.2) is 16.1 Å². The van der Waals surface area contributed by atoms with Gasteiger partial charge in [0.1, 0.15) is 5.82 Å². The van der Waals surface area contributed by atoms with Gasteiger partial charge in [0.2, 0.25) is 0 Å². The Morgan fingerprint density at radius 3 is 3.20 bits per heavy atom. The van der Waals surface area contributed by atoms with Crippen molar-refractivity contribution in [2.24, 2.45) is 0 Å². The monoisotopic (exact) mass is 221 g/mol. The van der Waals surface area contributed by atoms with E-state index in [1.54, 1.807) is 11.3 Å². The van der Waals surface area contributed by atoms with Crippen LogP contribution in [0.1, 0.15) is 18.3 Å². The minimum atomic E-state index is 0.841. The van der Waals surface area contributed by atoms with Gasteiger partial charge in [0.05, 0.1) is 6.54 Å². The molecule has 0 amide bonds. The van der Waals surface area contributed by atoms with Gasteiger partial charge < -0.3 is 9.88 Å². The van der Waals surface area contributed by atoms with Crippen molar-refractivity contribution in [3.05, 3.63) is 40.6 Å². The van der Waals surface area contributed by atoms with E-state index in [2.05, 4.69) is 38.6 Å². The van der Waals surface area contributed by atoms with E-state index in [0.717, 1.165) is 25.5 Å². The molecule has 2 rings (SSSR count). The Morgan fingerprint density at radius 1 is 1.53 bits per heavy atom. The molecular formula is C11H15N3S. The SMILES string of the molecule is CCNCc1nccn1Cc1ccsc1. The number of imidazole rings is 1. The molecule has 3 nitrogen and oxygen atoms in total. The second kappa shape index (κ2) is 5.09. The van der Waals surface area contributed by atoms with E-state index in [4.69, 9.17) is 0 Å². The molecule has 0 saturated heterocycles. The van der Waals surface area contributed by atoms with Crippen LogP contribution in [0.5, 0.6) is 0 Å². The van der Waals surface area contributed by atoms with E-state index in [9.17, 15) is 0 Å². The Bertz CT molecular complexity index is 392. The van der Waals surface area contributed by atoms with Crippen LogP contribution in [-0.2, 0) is 13.1 Å². The maximum absolute atomic E-state index is 4.34. The molecule has 0 aromatic carbocycles. The zero-order chi connectivity index (χ0) is 10.5. The third-order valence-electron chi connectivity index (χ3n) is 2.27. The molecule has 0 aliphatic rings. The standard InChI is InChI=1S/C11H15N3S/c1-2-12-7-11-13-4-5-14(11)8-10-3-6-15-9-10/h3-6,9,12H,2,7-8H2,1H3. The van der Waals surface area contributed by atoms with Gasteiger partial charge in [0.25, 0.3) is 0 Å². The lowest BCUT2D eigenvalue weighted by Gasteiger charge is -2.06. The summed E-state index contributed by atoms with van der Waals surface area (Å²) < 4.78 is 2.19. The fraction of sp³-hybridized carbons (Fsp3) is 0.364. The van der Waals surface area contributed by atoms with Crippen LogP contribution in [0.15, 0.2) is 29.2 Å². The summed E-state index contributed by atoms with van der Waals surface area (Å²) in [5, 5.41) is 7.57. The number of aromatic nitrogens is 2. The summed E-state index contributed by atoms with van der Waals surface area (Å²) in [4.78, 5) is 4.34. The highest BCUT2D eigenvalue weighted by Gasteiger charge is 2.02. The lowest BCUT2D eigenvalue weighted by molar-refractivity contribution is 0.640. The number of nitrogens with zero attached hydrogens (tertiary/aromatic N) is 2. The topological polar surface area (TPSA) is 29.9 Å². The third kappa shape index (κ3) is 2.67. The fourth-order valence-corrected chi connectivity index (χ4v) is 2.13. The van der Waals surface area contributed by atoms with Crippen LogP contribution in [0.25, 0.3) is 0 Å². The highest BCUT2D eigenvalue weighted by atomic mass is 32.1. The first kappa shape index (κ1) is 10.4. The summed E-state index contributed by atoms with van der Waals surface area (Å²) in [6, 6.07) is 2.15. The van der Waals surface area contributed by atoms with E-state index in [0.29, 0.717) is 0 Å². The number of thiophene rings is 1. The lowest BCUT2D eigenvalue weighted by atomic mass is 10.3. The Hall–Kier alpha value is -1.13. The largest absolute Gasteiger partial charge is 0.329 e. The smallest absolute Gasteiger partial charge is 0.122 e. The van der Waals surface area contributed by atoms with Gasteiger partial charge in [-0.1, -0.05) is 6.92 Å². The zero-order valence-corrected chi connectivity index (χ0v) is 9.63. The molecule has 0 aliphatic heterocycles. The van der Waals surface area contributed by atoms with E-state index in [1.165, 1.54) is 5.56 Å². The van der Waals surface area contributed by atoms with Gasteiger partial charge in [-0.25, -0.2) is 4.98 Å². The zero-order valence-electron chi connectivity index (χ0n) is 8.81. The predicted octanol–water partition coefficient (Wildman–Crippen LogP) is 2.10. The number of rotatable bonds is 5. The average molecular weight is 221 g/mol. The van der Waals surface area contributed by atoms with Gasteiger partial charge in [0, 0.05) is 18.9 Å². The average Bonchev–Trinajstić information content (AvgIpc) is 2.87. The Balaban J connectivity index is 2.04. The summed E-state index contributed by atoms with van der Waals surface area (Å²) in [6.07, 6.45) is 3.89. The van der Waals surface area contributed by atoms with E-state index >= 15 is 0 Å². The van der Waals surface area contributed by atoms with Crippen LogP contribution in [0.4, 0.5) is 0 Å². The van der Waals surface area contributed by atoms with Crippen molar-refractivity contribution in [2.75, 3.05) is 6.54 Å². The maximum Gasteiger partial charge on any atom is 0.122 e. The van der Waals surface area contributed by atoms with Gasteiger partial charge in [-0.3, -0.25) is 0 Å². The molecule has 4 heteroatoms. The molecule has 2 heterocycles. The number of nitrogens with one attached hydrogen (secondary N) is 1. The number of hydrogen-bond acceptors (Lipinski definition) is 3. The molecule has 0 bridgehead atoms. The molecule has 80 valence electrons. The highest BCUT2D eigenvalue weighted by Crippen LogP contribution is 2.09. The van der Waals surface area contributed by atoms with Crippen LogP contribution in [0.2, 0.25) is 0 Å². The van der Waals surface area contributed by atoms with Crippen LogP contribution < -0.4 is 5.32 Å². The molecule has 0 unspecified atom stereocenters. The molecule has 0 fully saturated rings. The van der Waals surface area contributed by atoms with Gasteiger partial charge in [-0.2, -0.15) is 11.3 Å². The Labute approximate surface area is 93.8 Å². The van der Waals surface area contributed by atoms with Crippen molar-refractivity contribution in [3.63, 3.8) is 0 Å². The molecule has 0 radical (unpaired) electrons. The second-order valence-corrected chi connectivity index (χ2v) is 4.16. The normalized spacial score (nSPS) is 10.7. The molecule has 2 aromatic heterocycles. The first-order chi connectivity index (χ1) is 7.40. The van der Waals surface area contributed by atoms with Crippen LogP contribution in [0.3, 0.4) is 0 Å². The minimum absolute atomic E-state index is 0.841. The van der Waals surface area contributed by atoms with Crippen molar-refractivity contribution in [1.29, 1.82) is 0 Å². The first-order valence-corrected chi connectivity index (χ1v) is 6.06.